The van der Waals surface area contributed by atoms with Crippen LogP contribution in [0.25, 0.3) is 0 Å². The fraction of sp³-hybridized carbons (Fsp3) is 0.375. The molecule has 1 aliphatic heterocycles. The third-order valence-electron chi connectivity index (χ3n) is 5.74. The summed E-state index contributed by atoms with van der Waals surface area (Å²) in [5, 5.41) is 19.3. The van der Waals surface area contributed by atoms with Crippen LogP contribution in [0, 0.1) is 6.92 Å². The summed E-state index contributed by atoms with van der Waals surface area (Å²) in [5.74, 6) is 0.613. The van der Waals surface area contributed by atoms with Crippen LogP contribution in [0.15, 0.2) is 52.5 Å². The van der Waals surface area contributed by atoms with Gasteiger partial charge < -0.3 is 29.9 Å². The molecule has 0 bridgehead atoms. The van der Waals surface area contributed by atoms with Gasteiger partial charge in [-0.2, -0.15) is 0 Å². The average molecular weight is 482 g/mol. The van der Waals surface area contributed by atoms with Gasteiger partial charge in [0.15, 0.2) is 0 Å². The van der Waals surface area contributed by atoms with E-state index in [1.54, 1.807) is 37.3 Å². The number of aliphatic hydroxyl groups excluding tert-OH is 1. The van der Waals surface area contributed by atoms with Gasteiger partial charge in [-0.15, -0.1) is 0 Å². The number of amides is 3. The number of allylic oxidation sites excluding steroid dienone is 4. The Hall–Kier alpha value is -3.99. The largest absolute Gasteiger partial charge is 0.462 e. The Kier molecular flexibility index (Phi) is 7.25. The first-order valence-electron chi connectivity index (χ1n) is 11.3. The highest BCUT2D eigenvalue weighted by Gasteiger charge is 2.39. The normalized spacial score (nSPS) is 19.6. The lowest BCUT2D eigenvalue weighted by Crippen LogP contribution is -2.46. The number of aromatic nitrogens is 2. The number of ether oxygens (including phenoxy) is 1. The molecule has 4 rings (SSSR count). The molecule has 2 atom stereocenters. The first kappa shape index (κ1) is 24.1. The summed E-state index contributed by atoms with van der Waals surface area (Å²) in [7, 11) is 1.53. The Morgan fingerprint density at radius 3 is 2.77 bits per heavy atom. The molecule has 11 nitrogen and oxygen atoms in total. The number of hydrogen-bond donors (Lipinski definition) is 3. The quantitative estimate of drug-likeness (QED) is 0.531. The summed E-state index contributed by atoms with van der Waals surface area (Å²) in [6.45, 7) is 1.85. The number of pyridine rings is 1. The van der Waals surface area contributed by atoms with E-state index in [2.05, 4.69) is 20.8 Å². The molecule has 0 spiro atoms. The van der Waals surface area contributed by atoms with Crippen molar-refractivity contribution in [3.05, 3.63) is 65.2 Å². The Labute approximate surface area is 201 Å². The zero-order chi connectivity index (χ0) is 24.9. The number of rotatable bonds is 7. The van der Waals surface area contributed by atoms with Crippen LogP contribution < -0.4 is 15.4 Å². The van der Waals surface area contributed by atoms with Gasteiger partial charge in [-0.1, -0.05) is 5.16 Å². The van der Waals surface area contributed by atoms with Crippen molar-refractivity contribution in [2.75, 3.05) is 13.6 Å². The smallest absolute Gasteiger partial charge is 0.269 e. The summed E-state index contributed by atoms with van der Waals surface area (Å²) in [6.07, 6.45) is 5.41. The van der Waals surface area contributed by atoms with E-state index in [1.165, 1.54) is 18.1 Å². The summed E-state index contributed by atoms with van der Waals surface area (Å²) in [4.78, 5) is 42.8. The zero-order valence-corrected chi connectivity index (χ0v) is 19.5. The molecular weight excluding hydrogens is 454 g/mol. The number of likely N-dealkylation sites (tertiary alicyclic amines) is 1. The van der Waals surface area contributed by atoms with E-state index in [1.807, 2.05) is 0 Å². The third kappa shape index (κ3) is 5.93. The molecule has 2 aliphatic rings. The lowest BCUT2D eigenvalue weighted by molar-refractivity contribution is -0.138. The lowest BCUT2D eigenvalue weighted by atomic mass is 10.1. The number of aryl methyl sites for hydroxylation is 1. The van der Waals surface area contributed by atoms with E-state index in [0.717, 1.165) is 0 Å². The molecule has 3 amide bonds. The fourth-order valence-corrected chi connectivity index (χ4v) is 4.02. The van der Waals surface area contributed by atoms with E-state index in [-0.39, 0.29) is 42.8 Å². The van der Waals surface area contributed by atoms with E-state index in [9.17, 15) is 19.5 Å². The predicted octanol–water partition coefficient (Wildman–Crippen LogP) is 0.999. The molecule has 35 heavy (non-hydrogen) atoms. The molecular formula is C24H27N5O6. The van der Waals surface area contributed by atoms with Crippen LogP contribution in [-0.2, 0) is 16.0 Å². The van der Waals surface area contributed by atoms with Crippen molar-refractivity contribution in [1.82, 2.24) is 25.7 Å². The molecule has 0 saturated carbocycles. The molecule has 0 aromatic carbocycles. The minimum absolute atomic E-state index is 0.0277. The molecule has 0 radical (unpaired) electrons. The van der Waals surface area contributed by atoms with Gasteiger partial charge in [-0.25, -0.2) is 0 Å². The molecule has 2 aromatic rings. The van der Waals surface area contributed by atoms with Crippen molar-refractivity contribution >= 4 is 17.7 Å². The van der Waals surface area contributed by atoms with Gasteiger partial charge in [-0.05, 0) is 31.6 Å². The zero-order valence-electron chi connectivity index (χ0n) is 19.5. The molecule has 1 aliphatic carbocycles. The Morgan fingerprint density at radius 1 is 1.26 bits per heavy atom. The fourth-order valence-electron chi connectivity index (χ4n) is 4.02. The monoisotopic (exact) mass is 481 g/mol. The highest BCUT2D eigenvalue weighted by molar-refractivity contribution is 5.92. The van der Waals surface area contributed by atoms with E-state index >= 15 is 0 Å². The van der Waals surface area contributed by atoms with Gasteiger partial charge in [-0.3, -0.25) is 19.4 Å². The minimum atomic E-state index is -0.774. The predicted molar refractivity (Wildman–Crippen MR) is 123 cm³/mol. The van der Waals surface area contributed by atoms with Crippen LogP contribution >= 0.6 is 0 Å². The topological polar surface area (TPSA) is 147 Å². The van der Waals surface area contributed by atoms with Crippen LogP contribution in [0.2, 0.25) is 0 Å². The summed E-state index contributed by atoms with van der Waals surface area (Å²) in [5.41, 5.74) is 1.60. The SMILES string of the molecule is CNC(=O)c1cc(OC2=CC=C(NC(=O)[C@@H]3C[C@@H](O)CN3C(=O)Cc3cc(C)no3)CC2)ccn1. The molecule has 0 unspecified atom stereocenters. The number of carbonyl (C=O) groups is 3. The van der Waals surface area contributed by atoms with Crippen molar-refractivity contribution in [2.45, 2.75) is 44.8 Å². The maximum absolute atomic E-state index is 12.9. The molecule has 3 N–H and O–H groups in total. The summed E-state index contributed by atoms with van der Waals surface area (Å²) < 4.78 is 11.0. The Bertz CT molecular complexity index is 1190. The van der Waals surface area contributed by atoms with Crippen LogP contribution in [0.4, 0.5) is 0 Å². The van der Waals surface area contributed by atoms with Crippen LogP contribution in [-0.4, -0.2) is 63.6 Å². The molecule has 11 heteroatoms. The first-order valence-corrected chi connectivity index (χ1v) is 11.3. The highest BCUT2D eigenvalue weighted by Crippen LogP contribution is 2.24. The second-order valence-corrected chi connectivity index (χ2v) is 8.43. The van der Waals surface area contributed by atoms with Gasteiger partial charge in [0.05, 0.1) is 18.2 Å². The average Bonchev–Trinajstić information content (AvgIpc) is 3.45. The molecule has 1 fully saturated rings. The number of nitrogens with one attached hydrogen (secondary N) is 2. The van der Waals surface area contributed by atoms with Gasteiger partial charge in [0.2, 0.25) is 11.8 Å². The van der Waals surface area contributed by atoms with E-state index < -0.39 is 12.1 Å². The molecule has 2 aromatic heterocycles. The van der Waals surface area contributed by atoms with Crippen LogP contribution in [0.1, 0.15) is 41.2 Å². The molecule has 1 saturated heterocycles. The maximum atomic E-state index is 12.9. The number of β-amino-alcohol motifs (C(OH)–C–C–N with tert-alkyl or cyclic N) is 1. The van der Waals surface area contributed by atoms with E-state index in [4.69, 9.17) is 9.26 Å². The number of carbonyl (C=O) groups excluding carboxylic acids is 3. The molecule has 3 heterocycles. The Balaban J connectivity index is 1.37. The van der Waals surface area contributed by atoms with Gasteiger partial charge in [0, 0.05) is 50.5 Å². The first-order chi connectivity index (χ1) is 16.8. The second kappa shape index (κ2) is 10.5. The van der Waals surface area contributed by atoms with Crippen molar-refractivity contribution in [1.29, 1.82) is 0 Å². The summed E-state index contributed by atoms with van der Waals surface area (Å²) >= 11 is 0. The second-order valence-electron chi connectivity index (χ2n) is 8.43. The van der Waals surface area contributed by atoms with Crippen LogP contribution in [0.5, 0.6) is 5.75 Å². The highest BCUT2D eigenvalue weighted by atomic mass is 16.5. The van der Waals surface area contributed by atoms with Crippen molar-refractivity contribution in [3.63, 3.8) is 0 Å². The van der Waals surface area contributed by atoms with Crippen molar-refractivity contribution < 1.29 is 28.8 Å². The van der Waals surface area contributed by atoms with E-state index in [0.29, 0.717) is 41.5 Å². The number of nitrogens with zero attached hydrogens (tertiary/aromatic N) is 3. The lowest BCUT2D eigenvalue weighted by Gasteiger charge is -2.24. The van der Waals surface area contributed by atoms with Crippen LogP contribution in [0.3, 0.4) is 0 Å². The van der Waals surface area contributed by atoms with Gasteiger partial charge in [0.1, 0.15) is 29.0 Å². The standard InChI is InChI=1S/C24H27N5O6/c1-14-9-19(35-28-14)12-22(31)29-13-16(30)10-21(29)24(33)27-15-3-5-17(6-4-15)34-18-7-8-26-20(11-18)23(32)25-2/h3,5,7-9,11,16,21,30H,4,6,10,12-13H2,1-2H3,(H,25,32)(H,27,33)/t16-,21+/m1/s1. The summed E-state index contributed by atoms with van der Waals surface area (Å²) in [6, 6.07) is 4.11. The molecule has 184 valence electrons. The number of aliphatic hydroxyl groups is 1. The van der Waals surface area contributed by atoms with Crippen molar-refractivity contribution in [3.8, 4) is 5.75 Å². The van der Waals surface area contributed by atoms with Crippen molar-refractivity contribution in [2.24, 2.45) is 0 Å². The Morgan fingerprint density at radius 2 is 2.09 bits per heavy atom. The van der Waals surface area contributed by atoms with Gasteiger partial charge >= 0.3 is 0 Å². The number of hydrogen-bond acceptors (Lipinski definition) is 8. The maximum Gasteiger partial charge on any atom is 0.269 e. The van der Waals surface area contributed by atoms with Gasteiger partial charge in [0.25, 0.3) is 5.91 Å². The minimum Gasteiger partial charge on any atom is -0.462 e. The third-order valence-corrected chi connectivity index (χ3v) is 5.74.